The summed E-state index contributed by atoms with van der Waals surface area (Å²) >= 11 is 2.71. The summed E-state index contributed by atoms with van der Waals surface area (Å²) in [6, 6.07) is 0. The lowest BCUT2D eigenvalue weighted by Gasteiger charge is -2.40. The van der Waals surface area contributed by atoms with Gasteiger partial charge in [-0.2, -0.15) is 57.1 Å². The van der Waals surface area contributed by atoms with Crippen LogP contribution >= 0.6 is 15.9 Å². The summed E-state index contributed by atoms with van der Waals surface area (Å²) in [7, 11) is 0. The van der Waals surface area contributed by atoms with Crippen molar-refractivity contribution in [3.63, 3.8) is 0 Å². The molecule has 0 bridgehead atoms. The van der Waals surface area contributed by atoms with E-state index >= 15 is 0 Å². The average Bonchev–Trinajstić information content (AvgIpc) is 2.48. The van der Waals surface area contributed by atoms with Crippen LogP contribution in [-0.4, -0.2) is 59.9 Å². The lowest BCUT2D eigenvalue weighted by Crippen LogP contribution is -2.70. The quantitative estimate of drug-likeness (QED) is 0.311. The smallest absolute Gasteiger partial charge is 0.350 e. The van der Waals surface area contributed by atoms with Crippen molar-refractivity contribution in [1.29, 1.82) is 0 Å². The summed E-state index contributed by atoms with van der Waals surface area (Å²) in [5.41, 5.74) is 0. The second kappa shape index (κ2) is 7.28. The Labute approximate surface area is 154 Å². The minimum Gasteiger partial charge on any atom is -0.350 e. The third-order valence-corrected chi connectivity index (χ3v) is 4.11. The van der Waals surface area contributed by atoms with E-state index in [1.807, 2.05) is 0 Å². The first-order valence-electron chi connectivity index (χ1n) is 6.64. The zero-order valence-corrected chi connectivity index (χ0v) is 14.2. The van der Waals surface area contributed by atoms with Crippen molar-refractivity contribution in [2.24, 2.45) is 0 Å². The molecule has 3 atom stereocenters. The number of hydrogen-bond acceptors (Lipinski definition) is 2. The van der Waals surface area contributed by atoms with Gasteiger partial charge < -0.3 is 9.47 Å². The fourth-order valence-electron chi connectivity index (χ4n) is 1.70. The summed E-state index contributed by atoms with van der Waals surface area (Å²) in [5.74, 6) is -37.9. The van der Waals surface area contributed by atoms with E-state index < -0.39 is 59.7 Å². The van der Waals surface area contributed by atoms with Crippen molar-refractivity contribution < 1.29 is 70.9 Å². The topological polar surface area (TPSA) is 18.5 Å². The predicted octanol–water partition coefficient (Wildman–Crippen LogP) is 5.55. The fourth-order valence-corrected chi connectivity index (χ4v) is 2.13. The molecule has 2 nitrogen and oxygen atoms in total. The Bertz CT molecular complexity index is 562. The summed E-state index contributed by atoms with van der Waals surface area (Å²) < 4.78 is 188. The van der Waals surface area contributed by atoms with Gasteiger partial charge in [-0.25, -0.2) is 4.39 Å². The van der Waals surface area contributed by atoms with Crippen LogP contribution in [0.25, 0.3) is 0 Å². The molecule has 0 radical (unpaired) electrons. The zero-order valence-electron chi connectivity index (χ0n) is 12.6. The van der Waals surface area contributed by atoms with Crippen LogP contribution in [0.1, 0.15) is 6.42 Å². The molecule has 0 spiro atoms. The molecule has 0 aliphatic carbocycles. The van der Waals surface area contributed by atoms with Crippen molar-refractivity contribution >= 4 is 15.9 Å². The van der Waals surface area contributed by atoms with Crippen LogP contribution in [0.2, 0.25) is 0 Å². The first-order chi connectivity index (χ1) is 12.1. The van der Waals surface area contributed by atoms with Crippen LogP contribution in [0.15, 0.2) is 0 Å². The van der Waals surface area contributed by atoms with Crippen LogP contribution in [0.5, 0.6) is 0 Å². The predicted molar refractivity (Wildman–Crippen MR) is 63.8 cm³/mol. The highest BCUT2D eigenvalue weighted by molar-refractivity contribution is 9.09. The van der Waals surface area contributed by atoms with E-state index in [1.165, 1.54) is 0 Å². The average molecular weight is 517 g/mol. The van der Waals surface area contributed by atoms with E-state index in [2.05, 4.69) is 25.4 Å². The molecule has 0 aromatic heterocycles. The minimum absolute atomic E-state index is 0.166. The maximum atomic E-state index is 13.4. The SMILES string of the molecule is FC(CC(F)(F)C(F)(F)C(F)(F)C(F)(F)C(F)(F)C(F)(F)F)OC1OCC1Br. The Balaban J connectivity index is 3.14. The Morgan fingerprint density at radius 2 is 1.21 bits per heavy atom. The second-order valence-electron chi connectivity index (χ2n) is 5.47. The van der Waals surface area contributed by atoms with E-state index in [0.29, 0.717) is 0 Å². The molecule has 1 aliphatic rings. The van der Waals surface area contributed by atoms with Crippen molar-refractivity contribution in [3.05, 3.63) is 0 Å². The van der Waals surface area contributed by atoms with Gasteiger partial charge in [0.05, 0.1) is 17.9 Å². The Hall–Kier alpha value is -0.580. The number of halogens is 15. The second-order valence-corrected chi connectivity index (χ2v) is 6.64. The van der Waals surface area contributed by atoms with Crippen LogP contribution in [0.3, 0.4) is 0 Å². The molecule has 0 amide bonds. The van der Waals surface area contributed by atoms with Crippen molar-refractivity contribution in [3.8, 4) is 0 Å². The number of hydrogen-bond donors (Lipinski definition) is 0. The van der Waals surface area contributed by atoms with Crippen molar-refractivity contribution in [1.82, 2.24) is 0 Å². The molecule has 17 heteroatoms. The molecule has 1 saturated heterocycles. The molecule has 1 fully saturated rings. The fraction of sp³-hybridized carbons (Fsp3) is 1.00. The van der Waals surface area contributed by atoms with Crippen molar-refractivity contribution in [2.75, 3.05) is 6.61 Å². The molecule has 1 heterocycles. The lowest BCUT2D eigenvalue weighted by atomic mass is 9.92. The van der Waals surface area contributed by atoms with Gasteiger partial charge in [-0.05, 0) is 0 Å². The molecular formula is C11H7BrF14O2. The van der Waals surface area contributed by atoms with Crippen LogP contribution < -0.4 is 0 Å². The van der Waals surface area contributed by atoms with Gasteiger partial charge >= 0.3 is 35.8 Å². The lowest BCUT2D eigenvalue weighted by molar-refractivity contribution is -0.442. The van der Waals surface area contributed by atoms with Crippen LogP contribution in [0.4, 0.5) is 61.5 Å². The van der Waals surface area contributed by atoms with Crippen molar-refractivity contribution in [2.45, 2.75) is 59.7 Å². The molecule has 28 heavy (non-hydrogen) atoms. The van der Waals surface area contributed by atoms with Gasteiger partial charge in [-0.3, -0.25) is 0 Å². The molecular weight excluding hydrogens is 510 g/mol. The summed E-state index contributed by atoms with van der Waals surface area (Å²) in [5, 5.41) is 0. The summed E-state index contributed by atoms with van der Waals surface area (Å²) in [6.07, 6.45) is -15.8. The van der Waals surface area contributed by atoms with Gasteiger partial charge in [0.1, 0.15) is 0 Å². The normalized spacial score (nSPS) is 24.1. The molecule has 1 aliphatic heterocycles. The first-order valence-corrected chi connectivity index (χ1v) is 7.56. The minimum atomic E-state index is -8.02. The molecule has 1 rings (SSSR count). The highest BCUT2D eigenvalue weighted by Gasteiger charge is 2.90. The maximum Gasteiger partial charge on any atom is 0.460 e. The maximum absolute atomic E-state index is 13.4. The standard InChI is InChI=1S/C11H7BrF14O2/c12-3-2-27-5(3)28-4(13)1-6(14,15)7(16,17)8(18,19)9(20,21)10(22,23)11(24,25)26/h3-5H,1-2H2. The van der Waals surface area contributed by atoms with Crippen LogP contribution in [0, 0.1) is 0 Å². The third-order valence-electron chi connectivity index (χ3n) is 3.41. The summed E-state index contributed by atoms with van der Waals surface area (Å²) in [4.78, 5) is -0.837. The first kappa shape index (κ1) is 25.5. The number of ether oxygens (including phenoxy) is 2. The van der Waals surface area contributed by atoms with Gasteiger partial charge in [0.2, 0.25) is 6.36 Å². The summed E-state index contributed by atoms with van der Waals surface area (Å²) in [6.45, 7) is -0.166. The Morgan fingerprint density at radius 3 is 1.54 bits per heavy atom. The van der Waals surface area contributed by atoms with E-state index in [0.717, 1.165) is 0 Å². The zero-order chi connectivity index (χ0) is 22.6. The van der Waals surface area contributed by atoms with E-state index in [-0.39, 0.29) is 6.61 Å². The van der Waals surface area contributed by atoms with Gasteiger partial charge in [-0.1, -0.05) is 15.9 Å². The Morgan fingerprint density at radius 1 is 0.786 bits per heavy atom. The molecule has 0 N–H and O–H groups in total. The molecule has 168 valence electrons. The van der Waals surface area contributed by atoms with Gasteiger partial charge in [0, 0.05) is 0 Å². The van der Waals surface area contributed by atoms with Crippen LogP contribution in [-0.2, 0) is 9.47 Å². The molecule has 0 aromatic rings. The largest absolute Gasteiger partial charge is 0.460 e. The van der Waals surface area contributed by atoms with E-state index in [9.17, 15) is 61.5 Å². The number of alkyl halides is 15. The van der Waals surface area contributed by atoms with E-state index in [4.69, 9.17) is 0 Å². The highest BCUT2D eigenvalue weighted by Crippen LogP contribution is 2.60. The van der Waals surface area contributed by atoms with Gasteiger partial charge in [-0.15, -0.1) is 0 Å². The highest BCUT2D eigenvalue weighted by atomic mass is 79.9. The van der Waals surface area contributed by atoms with Gasteiger partial charge in [0.15, 0.2) is 6.29 Å². The van der Waals surface area contributed by atoms with E-state index in [1.54, 1.807) is 0 Å². The number of rotatable bonds is 8. The van der Waals surface area contributed by atoms with Gasteiger partial charge in [0.25, 0.3) is 0 Å². The molecule has 3 unspecified atom stereocenters. The molecule has 0 aromatic carbocycles. The molecule has 0 saturated carbocycles. The Kier molecular flexibility index (Phi) is 6.62. The third kappa shape index (κ3) is 3.89. The monoisotopic (exact) mass is 516 g/mol.